The van der Waals surface area contributed by atoms with Crippen LogP contribution in [0.15, 0.2) is 18.5 Å². The number of pyridine rings is 1. The predicted octanol–water partition coefficient (Wildman–Crippen LogP) is 1.25. The minimum absolute atomic E-state index is 0.0350. The Morgan fingerprint density at radius 2 is 2.06 bits per heavy atom. The highest BCUT2D eigenvalue weighted by Gasteiger charge is 2.12. The normalized spacial score (nSPS) is 9.59. The van der Waals surface area contributed by atoms with Crippen molar-refractivity contribution in [3.8, 4) is 18.0 Å². The van der Waals surface area contributed by atoms with E-state index in [4.69, 9.17) is 27.9 Å². The SMILES string of the molecule is N#Cc1ncn(-c2cc(N)cc(Cl)n2)c1C#N. The Morgan fingerprint density at radius 1 is 1.29 bits per heavy atom. The van der Waals surface area contributed by atoms with Crippen molar-refractivity contribution in [3.63, 3.8) is 0 Å². The molecule has 0 bridgehead atoms. The van der Waals surface area contributed by atoms with Gasteiger partial charge in [0, 0.05) is 11.8 Å². The summed E-state index contributed by atoms with van der Waals surface area (Å²) in [5.74, 6) is 0.348. The number of imidazole rings is 1. The monoisotopic (exact) mass is 244 g/mol. The lowest BCUT2D eigenvalue weighted by Crippen LogP contribution is -2.01. The van der Waals surface area contributed by atoms with E-state index in [1.54, 1.807) is 0 Å². The second-order valence-corrected chi connectivity index (χ2v) is 3.50. The average molecular weight is 245 g/mol. The Hall–Kier alpha value is -2.57. The minimum atomic E-state index is 0.0350. The molecule has 6 nitrogen and oxygen atoms in total. The van der Waals surface area contributed by atoms with Crippen LogP contribution in [0.5, 0.6) is 0 Å². The molecule has 0 aliphatic rings. The largest absolute Gasteiger partial charge is 0.399 e. The first-order valence-electron chi connectivity index (χ1n) is 4.46. The number of hydrogen-bond acceptors (Lipinski definition) is 5. The number of nitrogens with zero attached hydrogens (tertiary/aromatic N) is 5. The molecule has 0 amide bonds. The zero-order valence-corrected chi connectivity index (χ0v) is 9.18. The van der Waals surface area contributed by atoms with Crippen molar-refractivity contribution in [2.24, 2.45) is 0 Å². The molecule has 2 heterocycles. The molecule has 2 aromatic heterocycles. The van der Waals surface area contributed by atoms with E-state index in [1.807, 2.05) is 12.1 Å². The van der Waals surface area contributed by atoms with E-state index in [1.165, 1.54) is 23.0 Å². The van der Waals surface area contributed by atoms with Crippen LogP contribution in [0.3, 0.4) is 0 Å². The molecule has 0 aliphatic heterocycles. The van der Waals surface area contributed by atoms with Crippen LogP contribution in [0.2, 0.25) is 5.15 Å². The molecule has 0 fully saturated rings. The molecule has 82 valence electrons. The van der Waals surface area contributed by atoms with Gasteiger partial charge in [-0.2, -0.15) is 10.5 Å². The third-order valence-corrected chi connectivity index (χ3v) is 2.22. The zero-order chi connectivity index (χ0) is 12.4. The lowest BCUT2D eigenvalue weighted by Gasteiger charge is -2.04. The fraction of sp³-hybridized carbons (Fsp3) is 0. The summed E-state index contributed by atoms with van der Waals surface area (Å²) in [6, 6.07) is 6.73. The van der Waals surface area contributed by atoms with Gasteiger partial charge in [0.25, 0.3) is 0 Å². The molecule has 0 saturated heterocycles. The van der Waals surface area contributed by atoms with Gasteiger partial charge in [-0.25, -0.2) is 9.97 Å². The highest BCUT2D eigenvalue weighted by Crippen LogP contribution is 2.18. The molecule has 0 radical (unpaired) electrons. The maximum Gasteiger partial charge on any atom is 0.177 e. The fourth-order valence-electron chi connectivity index (χ4n) is 1.34. The Kier molecular flexibility index (Phi) is 2.65. The van der Waals surface area contributed by atoms with Crippen molar-refractivity contribution in [2.45, 2.75) is 0 Å². The van der Waals surface area contributed by atoms with Crippen LogP contribution in [-0.2, 0) is 0 Å². The maximum absolute atomic E-state index is 8.97. The molecule has 0 saturated carbocycles. The van der Waals surface area contributed by atoms with Crippen molar-refractivity contribution in [3.05, 3.63) is 35.0 Å². The first-order valence-corrected chi connectivity index (χ1v) is 4.84. The first kappa shape index (κ1) is 10.9. The van der Waals surface area contributed by atoms with E-state index < -0.39 is 0 Å². The van der Waals surface area contributed by atoms with Gasteiger partial charge in [0.05, 0.1) is 0 Å². The van der Waals surface area contributed by atoms with Gasteiger partial charge >= 0.3 is 0 Å². The second-order valence-electron chi connectivity index (χ2n) is 3.12. The lowest BCUT2D eigenvalue weighted by molar-refractivity contribution is 0.977. The van der Waals surface area contributed by atoms with E-state index in [0.717, 1.165) is 0 Å². The van der Waals surface area contributed by atoms with Gasteiger partial charge in [-0.1, -0.05) is 11.6 Å². The van der Waals surface area contributed by atoms with Gasteiger partial charge in [0.1, 0.15) is 29.4 Å². The van der Waals surface area contributed by atoms with Gasteiger partial charge in [-0.15, -0.1) is 0 Å². The van der Waals surface area contributed by atoms with E-state index in [0.29, 0.717) is 11.5 Å². The predicted molar refractivity (Wildman–Crippen MR) is 60.2 cm³/mol. The van der Waals surface area contributed by atoms with Crippen molar-refractivity contribution in [1.82, 2.24) is 14.5 Å². The molecule has 2 aromatic rings. The number of rotatable bonds is 1. The topological polar surface area (TPSA) is 104 Å². The molecule has 2 rings (SSSR count). The summed E-state index contributed by atoms with van der Waals surface area (Å²) in [5, 5.41) is 17.9. The van der Waals surface area contributed by atoms with Gasteiger partial charge < -0.3 is 5.73 Å². The van der Waals surface area contributed by atoms with Gasteiger partial charge in [-0.3, -0.25) is 4.57 Å². The first-order chi connectivity index (χ1) is 8.15. The van der Waals surface area contributed by atoms with E-state index in [2.05, 4.69) is 9.97 Å². The Bertz CT molecular complexity index is 640. The Balaban J connectivity index is 2.66. The standard InChI is InChI=1S/C10H5ClN6/c11-9-1-6(14)2-10(16-9)17-5-15-7(3-12)8(17)4-13/h1-2,5H,(H2,14,16). The summed E-state index contributed by atoms with van der Waals surface area (Å²) < 4.78 is 1.36. The Morgan fingerprint density at radius 3 is 2.65 bits per heavy atom. The molecule has 0 spiro atoms. The molecule has 7 heteroatoms. The summed E-state index contributed by atoms with van der Waals surface area (Å²) in [4.78, 5) is 7.81. The van der Waals surface area contributed by atoms with Crippen molar-refractivity contribution < 1.29 is 0 Å². The molecule has 0 aromatic carbocycles. The van der Waals surface area contributed by atoms with E-state index in [-0.39, 0.29) is 16.5 Å². The zero-order valence-electron chi connectivity index (χ0n) is 8.42. The molecule has 0 atom stereocenters. The Labute approximate surface area is 102 Å². The number of anilines is 1. The minimum Gasteiger partial charge on any atom is -0.399 e. The van der Waals surface area contributed by atoms with Crippen LogP contribution < -0.4 is 5.73 Å². The molecular weight excluding hydrogens is 240 g/mol. The summed E-state index contributed by atoms with van der Waals surface area (Å²) in [6.45, 7) is 0. The molecule has 0 unspecified atom stereocenters. The summed E-state index contributed by atoms with van der Waals surface area (Å²) in [5.41, 5.74) is 6.17. The molecule has 17 heavy (non-hydrogen) atoms. The van der Waals surface area contributed by atoms with Gasteiger partial charge in [-0.05, 0) is 6.07 Å². The van der Waals surface area contributed by atoms with Crippen molar-refractivity contribution >= 4 is 17.3 Å². The van der Waals surface area contributed by atoms with Crippen LogP contribution in [0.1, 0.15) is 11.4 Å². The third kappa shape index (κ3) is 1.89. The number of halogens is 1. The third-order valence-electron chi connectivity index (χ3n) is 2.03. The summed E-state index contributed by atoms with van der Waals surface area (Å²) >= 11 is 5.76. The lowest BCUT2D eigenvalue weighted by atomic mass is 10.3. The number of nitrogen functional groups attached to an aromatic ring is 1. The molecule has 0 aliphatic carbocycles. The number of hydrogen-bond donors (Lipinski definition) is 1. The number of nitrogens with two attached hydrogens (primary N) is 1. The van der Waals surface area contributed by atoms with Crippen molar-refractivity contribution in [1.29, 1.82) is 10.5 Å². The fourth-order valence-corrected chi connectivity index (χ4v) is 1.55. The number of aromatic nitrogens is 3. The van der Waals surface area contributed by atoms with Gasteiger partial charge in [0.15, 0.2) is 11.4 Å². The van der Waals surface area contributed by atoms with E-state index >= 15 is 0 Å². The summed E-state index contributed by atoms with van der Waals surface area (Å²) in [6.07, 6.45) is 1.33. The number of nitriles is 2. The highest BCUT2D eigenvalue weighted by molar-refractivity contribution is 6.29. The van der Waals surface area contributed by atoms with Crippen LogP contribution in [-0.4, -0.2) is 14.5 Å². The van der Waals surface area contributed by atoms with Crippen molar-refractivity contribution in [2.75, 3.05) is 5.73 Å². The average Bonchev–Trinajstić information content (AvgIpc) is 2.70. The molecular formula is C10H5ClN6. The highest BCUT2D eigenvalue weighted by atomic mass is 35.5. The van der Waals surface area contributed by atoms with Crippen LogP contribution in [0.25, 0.3) is 5.82 Å². The maximum atomic E-state index is 8.97. The second kappa shape index (κ2) is 4.12. The van der Waals surface area contributed by atoms with Crippen LogP contribution >= 0.6 is 11.6 Å². The van der Waals surface area contributed by atoms with Gasteiger partial charge in [0.2, 0.25) is 0 Å². The van der Waals surface area contributed by atoms with Crippen LogP contribution in [0, 0.1) is 22.7 Å². The summed E-state index contributed by atoms with van der Waals surface area (Å²) in [7, 11) is 0. The van der Waals surface area contributed by atoms with Crippen LogP contribution in [0.4, 0.5) is 5.69 Å². The van der Waals surface area contributed by atoms with E-state index in [9.17, 15) is 0 Å². The smallest absolute Gasteiger partial charge is 0.177 e. The molecule has 2 N–H and O–H groups in total. The quantitative estimate of drug-likeness (QED) is 0.760.